The minimum absolute atomic E-state index is 0.0828. The first kappa shape index (κ1) is 39.8. The van der Waals surface area contributed by atoms with Crippen LogP contribution in [0.4, 0.5) is 0 Å². The number of oxazole rings is 1. The highest BCUT2D eigenvalue weighted by atomic mass is 32.2. The van der Waals surface area contributed by atoms with Crippen molar-refractivity contribution in [2.24, 2.45) is 11.8 Å². The maximum atomic E-state index is 14.0. The van der Waals surface area contributed by atoms with Gasteiger partial charge < -0.3 is 29.6 Å². The topological polar surface area (TPSA) is 197 Å². The van der Waals surface area contributed by atoms with Gasteiger partial charge in [-0.3, -0.25) is 19.3 Å². The van der Waals surface area contributed by atoms with Gasteiger partial charge in [0, 0.05) is 25.4 Å². The highest BCUT2D eigenvalue weighted by Crippen LogP contribution is 2.30. The molecule has 272 valence electrons. The molecule has 1 aromatic heterocycles. The molecule has 0 saturated carbocycles. The van der Waals surface area contributed by atoms with E-state index in [1.807, 2.05) is 13.8 Å². The van der Waals surface area contributed by atoms with Gasteiger partial charge in [-0.1, -0.05) is 64.5 Å². The molecule has 49 heavy (non-hydrogen) atoms. The van der Waals surface area contributed by atoms with E-state index >= 15 is 0 Å². The van der Waals surface area contributed by atoms with E-state index in [0.29, 0.717) is 18.7 Å². The minimum atomic E-state index is -4.17. The third-order valence-electron chi connectivity index (χ3n) is 8.69. The van der Waals surface area contributed by atoms with Crippen LogP contribution in [0.1, 0.15) is 70.8 Å². The van der Waals surface area contributed by atoms with Crippen molar-refractivity contribution >= 4 is 33.4 Å². The fourth-order valence-corrected chi connectivity index (χ4v) is 8.11. The van der Waals surface area contributed by atoms with Crippen molar-refractivity contribution in [3.05, 3.63) is 53.8 Å². The van der Waals surface area contributed by atoms with Gasteiger partial charge in [-0.05, 0) is 38.4 Å². The summed E-state index contributed by atoms with van der Waals surface area (Å²) in [4.78, 5) is 59.8. The number of nitrogens with zero attached hydrogens (tertiary/aromatic N) is 3. The van der Waals surface area contributed by atoms with Gasteiger partial charge in [-0.15, -0.1) is 0 Å². The lowest BCUT2D eigenvalue weighted by Crippen LogP contribution is -2.51. The van der Waals surface area contributed by atoms with Crippen LogP contribution in [-0.4, -0.2) is 119 Å². The van der Waals surface area contributed by atoms with Crippen molar-refractivity contribution in [1.82, 2.24) is 20.1 Å². The van der Waals surface area contributed by atoms with Crippen LogP contribution in [0.5, 0.6) is 0 Å². The number of esters is 1. The Bertz CT molecular complexity index is 1530. The highest BCUT2D eigenvalue weighted by Gasteiger charge is 2.51. The van der Waals surface area contributed by atoms with Gasteiger partial charge in [0.15, 0.2) is 15.5 Å². The number of ether oxygens (including phenoxy) is 1. The molecule has 1 unspecified atom stereocenters. The molecule has 0 radical (unpaired) electrons. The summed E-state index contributed by atoms with van der Waals surface area (Å²) in [5.74, 6) is -4.00. The molecule has 1 fully saturated rings. The summed E-state index contributed by atoms with van der Waals surface area (Å²) >= 11 is 0. The number of sulfone groups is 1. The van der Waals surface area contributed by atoms with E-state index in [1.54, 1.807) is 50.8 Å². The quantitative estimate of drug-likeness (QED) is 0.274. The van der Waals surface area contributed by atoms with Crippen molar-refractivity contribution in [2.75, 3.05) is 31.9 Å². The van der Waals surface area contributed by atoms with Gasteiger partial charge in [0.05, 0.1) is 23.5 Å². The lowest BCUT2D eigenvalue weighted by Gasteiger charge is -2.32. The smallest absolute Gasteiger partial charge is 0.330 e. The molecule has 0 aliphatic carbocycles. The van der Waals surface area contributed by atoms with Crippen LogP contribution < -0.4 is 5.32 Å². The maximum Gasteiger partial charge on any atom is 0.330 e. The predicted molar refractivity (Wildman–Crippen MR) is 181 cm³/mol. The van der Waals surface area contributed by atoms with Gasteiger partial charge in [0.25, 0.3) is 5.91 Å². The summed E-state index contributed by atoms with van der Waals surface area (Å²) in [6, 6.07) is -1.57. The molecule has 2 amide bonds. The van der Waals surface area contributed by atoms with E-state index in [1.165, 1.54) is 12.2 Å². The lowest BCUT2D eigenvalue weighted by atomic mass is 9.94. The molecule has 2 bridgehead atoms. The van der Waals surface area contributed by atoms with Gasteiger partial charge >= 0.3 is 5.97 Å². The van der Waals surface area contributed by atoms with E-state index in [0.717, 1.165) is 11.2 Å². The number of aliphatic hydroxyl groups is 2. The molecule has 3 heterocycles. The molecule has 0 aromatic carbocycles. The fraction of sp³-hybridized carbons (Fsp3) is 0.618. The Morgan fingerprint density at radius 2 is 1.84 bits per heavy atom. The number of allylic oxidation sites excluding steroid dienone is 2. The van der Waals surface area contributed by atoms with Gasteiger partial charge in [0.1, 0.15) is 30.4 Å². The molecule has 2 aliphatic rings. The molecule has 15 heteroatoms. The summed E-state index contributed by atoms with van der Waals surface area (Å²) in [5.41, 5.74) is 0.440. The number of hydrogen-bond donors (Lipinski definition) is 3. The zero-order valence-corrected chi connectivity index (χ0v) is 29.9. The fourth-order valence-electron chi connectivity index (χ4n) is 6.12. The number of amides is 2. The van der Waals surface area contributed by atoms with Crippen molar-refractivity contribution < 1.29 is 47.0 Å². The SMILES string of the molecule is CCN(CC)C(O)CS(=O)(=O)[C@@H]1CCN2C(=O)c3coc(n3)CC(=O)C[C@H](O)/C=C(C)/C=C/CNC(=O)/C=C/[C@@H](C)[C@@H](C(C)C)OC(=O)[C@@H]12. The molecular formula is C34H50N4O10S. The summed E-state index contributed by atoms with van der Waals surface area (Å²) in [6.45, 7) is 11.6. The molecule has 6 atom stereocenters. The van der Waals surface area contributed by atoms with E-state index in [9.17, 15) is 37.8 Å². The monoisotopic (exact) mass is 706 g/mol. The first-order valence-electron chi connectivity index (χ1n) is 16.7. The van der Waals surface area contributed by atoms with Crippen molar-refractivity contribution in [3.8, 4) is 0 Å². The summed E-state index contributed by atoms with van der Waals surface area (Å²) in [6.07, 6.45) is 4.98. The van der Waals surface area contributed by atoms with Crippen LogP contribution in [0.2, 0.25) is 0 Å². The Morgan fingerprint density at radius 1 is 1.14 bits per heavy atom. The first-order valence-corrected chi connectivity index (χ1v) is 18.4. The number of carbonyl (C=O) groups excluding carboxylic acids is 4. The second kappa shape index (κ2) is 17.8. The van der Waals surface area contributed by atoms with Gasteiger partial charge in [0.2, 0.25) is 11.8 Å². The molecule has 1 saturated heterocycles. The number of nitrogens with one attached hydrogen (secondary N) is 1. The number of aliphatic hydroxyl groups excluding tert-OH is 2. The predicted octanol–water partition coefficient (Wildman–Crippen LogP) is 1.59. The highest BCUT2D eigenvalue weighted by molar-refractivity contribution is 7.92. The maximum absolute atomic E-state index is 14.0. The Kier molecular flexibility index (Phi) is 14.5. The second-order valence-electron chi connectivity index (χ2n) is 12.8. The zero-order valence-electron chi connectivity index (χ0n) is 29.1. The molecule has 14 nitrogen and oxygen atoms in total. The molecule has 0 spiro atoms. The molecule has 3 rings (SSSR count). The van der Waals surface area contributed by atoms with Crippen molar-refractivity contribution in [1.29, 1.82) is 0 Å². The number of rotatable bonds is 7. The number of Topliss-reactive ketones (excluding diaryl/α,β-unsaturated/α-hetero) is 1. The van der Waals surface area contributed by atoms with Crippen molar-refractivity contribution in [3.63, 3.8) is 0 Å². The van der Waals surface area contributed by atoms with Crippen LogP contribution in [0, 0.1) is 11.8 Å². The van der Waals surface area contributed by atoms with Crippen molar-refractivity contribution in [2.45, 2.75) is 90.5 Å². The third-order valence-corrected chi connectivity index (χ3v) is 10.9. The number of ketones is 1. The third kappa shape index (κ3) is 10.9. The molecule has 1 aromatic rings. The summed E-state index contributed by atoms with van der Waals surface area (Å²) < 4.78 is 38.9. The number of cyclic esters (lactones) is 1. The van der Waals surface area contributed by atoms with Crippen LogP contribution in [0.25, 0.3) is 0 Å². The average Bonchev–Trinajstić information content (AvgIpc) is 3.68. The van der Waals surface area contributed by atoms with Crippen LogP contribution in [-0.2, 0) is 35.4 Å². The van der Waals surface area contributed by atoms with E-state index in [2.05, 4.69) is 10.3 Å². The first-order chi connectivity index (χ1) is 23.1. The standard InChI is InChI=1S/C34H50N4O10S/c1-7-37(8-2)30(42)20-49(45,46)27-13-15-38-31(27)34(44)48-32(21(3)4)23(6)11-12-28(41)35-14-9-10-22(5)16-24(39)17-25(40)18-29-36-26(19-47-29)33(38)43/h9-12,16,19,21,23-24,27,30-32,39,42H,7-8,13-15,17-18,20H2,1-6H3,(H,35,41)/b10-9+,12-11+,22-16+/t23-,24-,27-,30?,31-,32-/m1/s1. The Labute approximate surface area is 288 Å². The van der Waals surface area contributed by atoms with Crippen LogP contribution >= 0.6 is 0 Å². The molecular weight excluding hydrogens is 656 g/mol. The largest absolute Gasteiger partial charge is 0.460 e. The number of hydrogen-bond acceptors (Lipinski definition) is 12. The molecule has 3 N–H and O–H groups in total. The summed E-state index contributed by atoms with van der Waals surface area (Å²) in [5, 5.41) is 22.5. The number of fused-ring (bicyclic) bond motifs is 3. The Hall–Kier alpha value is -3.66. The number of carbonyl (C=O) groups is 4. The lowest BCUT2D eigenvalue weighted by molar-refractivity contribution is -0.157. The molecule has 2 aliphatic heterocycles. The average molecular weight is 707 g/mol. The van der Waals surface area contributed by atoms with E-state index in [-0.39, 0.29) is 49.9 Å². The Balaban J connectivity index is 2.02. The van der Waals surface area contributed by atoms with Crippen LogP contribution in [0.15, 0.2) is 46.6 Å². The number of aromatic nitrogens is 1. The summed E-state index contributed by atoms with van der Waals surface area (Å²) in [7, 11) is -4.17. The van der Waals surface area contributed by atoms with E-state index < -0.39 is 74.8 Å². The van der Waals surface area contributed by atoms with Gasteiger partial charge in [-0.25, -0.2) is 18.2 Å². The van der Waals surface area contributed by atoms with E-state index in [4.69, 9.17) is 9.15 Å². The second-order valence-corrected chi connectivity index (χ2v) is 15.1. The minimum Gasteiger partial charge on any atom is -0.460 e. The normalized spacial score (nSPS) is 28.4. The zero-order chi connectivity index (χ0) is 36.5. The van der Waals surface area contributed by atoms with Crippen LogP contribution in [0.3, 0.4) is 0 Å². The van der Waals surface area contributed by atoms with Gasteiger partial charge in [-0.2, -0.15) is 0 Å². The Morgan fingerprint density at radius 3 is 2.49 bits per heavy atom.